The number of hydrazone groups is 1. The Morgan fingerprint density at radius 2 is 1.84 bits per heavy atom. The smallest absolute Gasteiger partial charge is 0.345 e. The number of carbonyl (C=O) groups excluding carboxylic acids is 2. The minimum atomic E-state index is -1.24. The number of esters is 1. The second-order valence-corrected chi connectivity index (χ2v) is 7.76. The summed E-state index contributed by atoms with van der Waals surface area (Å²) < 4.78 is 37.2. The first kappa shape index (κ1) is 25.4. The molecular formula is C24H17ClF2N6O4. The lowest BCUT2D eigenvalue weighted by Crippen LogP contribution is -2.24. The highest BCUT2D eigenvalue weighted by Crippen LogP contribution is 2.29. The van der Waals surface area contributed by atoms with Crippen LogP contribution in [0.25, 0.3) is 11.4 Å². The molecule has 3 aromatic carbocycles. The maximum atomic E-state index is 13.5. The van der Waals surface area contributed by atoms with Gasteiger partial charge in [-0.15, -0.1) is 10.2 Å². The van der Waals surface area contributed by atoms with Crippen LogP contribution in [-0.4, -0.2) is 45.4 Å². The summed E-state index contributed by atoms with van der Waals surface area (Å²) in [5, 5.41) is 15.5. The van der Waals surface area contributed by atoms with E-state index in [1.807, 2.05) is 30.3 Å². The predicted molar refractivity (Wildman–Crippen MR) is 128 cm³/mol. The molecule has 0 aliphatic rings. The molecule has 10 nitrogen and oxygen atoms in total. The Labute approximate surface area is 213 Å². The van der Waals surface area contributed by atoms with Crippen LogP contribution in [0.3, 0.4) is 0 Å². The van der Waals surface area contributed by atoms with Crippen LogP contribution in [0, 0.1) is 11.6 Å². The van der Waals surface area contributed by atoms with Crippen LogP contribution in [0.15, 0.2) is 65.8 Å². The molecule has 0 bridgehead atoms. The molecule has 0 radical (unpaired) electrons. The number of hydrogen-bond acceptors (Lipinski definition) is 8. The number of amides is 1. The summed E-state index contributed by atoms with van der Waals surface area (Å²) >= 11 is 5.82. The molecule has 1 N–H and O–H groups in total. The SMILES string of the molecule is COc1cc(C=NNC(=O)Cn2nnc(-c3ccccc3)n2)ccc1OC(=O)c1cc(F)c(F)cc1Cl. The maximum Gasteiger partial charge on any atom is 0.345 e. The second-order valence-electron chi connectivity index (χ2n) is 7.35. The molecule has 0 saturated heterocycles. The van der Waals surface area contributed by atoms with Crippen molar-refractivity contribution in [2.45, 2.75) is 6.54 Å². The van der Waals surface area contributed by atoms with Crippen molar-refractivity contribution < 1.29 is 27.8 Å². The Morgan fingerprint density at radius 3 is 2.59 bits per heavy atom. The highest BCUT2D eigenvalue weighted by molar-refractivity contribution is 6.33. The lowest BCUT2D eigenvalue weighted by molar-refractivity contribution is -0.122. The molecule has 0 unspecified atom stereocenters. The van der Waals surface area contributed by atoms with Crippen LogP contribution in [-0.2, 0) is 11.3 Å². The summed E-state index contributed by atoms with van der Waals surface area (Å²) in [6.07, 6.45) is 1.34. The van der Waals surface area contributed by atoms with E-state index in [1.54, 1.807) is 0 Å². The molecule has 4 rings (SSSR count). The first-order chi connectivity index (χ1) is 17.8. The fourth-order valence-corrected chi connectivity index (χ4v) is 3.27. The number of rotatable bonds is 8. The van der Waals surface area contributed by atoms with Crippen LogP contribution in [0.5, 0.6) is 11.5 Å². The average Bonchev–Trinajstić information content (AvgIpc) is 3.35. The fourth-order valence-electron chi connectivity index (χ4n) is 3.04. The number of hydrogen-bond donors (Lipinski definition) is 1. The summed E-state index contributed by atoms with van der Waals surface area (Å²) in [6.45, 7) is -0.206. The van der Waals surface area contributed by atoms with Gasteiger partial charge in [-0.3, -0.25) is 4.79 Å². The zero-order valence-corrected chi connectivity index (χ0v) is 19.8. The molecule has 1 heterocycles. The Hall–Kier alpha value is -4.71. The van der Waals surface area contributed by atoms with Crippen molar-refractivity contribution in [3.05, 3.63) is 88.4 Å². The zero-order valence-electron chi connectivity index (χ0n) is 19.1. The van der Waals surface area contributed by atoms with E-state index in [0.29, 0.717) is 23.5 Å². The third kappa shape index (κ3) is 6.30. The van der Waals surface area contributed by atoms with Crippen molar-refractivity contribution in [1.29, 1.82) is 0 Å². The molecule has 0 aliphatic carbocycles. The molecule has 4 aromatic rings. The van der Waals surface area contributed by atoms with E-state index in [4.69, 9.17) is 21.1 Å². The number of aromatic nitrogens is 4. The van der Waals surface area contributed by atoms with Crippen LogP contribution < -0.4 is 14.9 Å². The van der Waals surface area contributed by atoms with Crippen molar-refractivity contribution in [1.82, 2.24) is 25.6 Å². The Kier molecular flexibility index (Phi) is 7.79. The van der Waals surface area contributed by atoms with Gasteiger partial charge in [0.1, 0.15) is 6.54 Å². The van der Waals surface area contributed by atoms with E-state index in [1.165, 1.54) is 31.5 Å². The third-order valence-corrected chi connectivity index (χ3v) is 5.11. The van der Waals surface area contributed by atoms with Gasteiger partial charge in [-0.2, -0.15) is 9.90 Å². The molecule has 0 atom stereocenters. The first-order valence-electron chi connectivity index (χ1n) is 10.5. The predicted octanol–water partition coefficient (Wildman–Crippen LogP) is 3.65. The molecule has 1 aromatic heterocycles. The number of ether oxygens (including phenoxy) is 2. The highest BCUT2D eigenvalue weighted by atomic mass is 35.5. The van der Waals surface area contributed by atoms with Gasteiger partial charge in [-0.1, -0.05) is 41.9 Å². The van der Waals surface area contributed by atoms with Crippen LogP contribution in [0.1, 0.15) is 15.9 Å². The molecule has 188 valence electrons. The fraction of sp³-hybridized carbons (Fsp3) is 0.0833. The summed E-state index contributed by atoms with van der Waals surface area (Å²) in [5.41, 5.74) is 3.25. The van der Waals surface area contributed by atoms with Crippen LogP contribution in [0.2, 0.25) is 5.02 Å². The van der Waals surface area contributed by atoms with Crippen molar-refractivity contribution in [2.24, 2.45) is 5.10 Å². The normalized spacial score (nSPS) is 10.9. The second kappa shape index (κ2) is 11.4. The quantitative estimate of drug-likeness (QED) is 0.122. The van der Waals surface area contributed by atoms with Crippen molar-refractivity contribution in [2.75, 3.05) is 7.11 Å². The van der Waals surface area contributed by atoms with Crippen molar-refractivity contribution in [3.8, 4) is 22.9 Å². The van der Waals surface area contributed by atoms with Crippen molar-refractivity contribution >= 4 is 29.7 Å². The van der Waals surface area contributed by atoms with Crippen LogP contribution >= 0.6 is 11.6 Å². The molecule has 0 spiro atoms. The highest BCUT2D eigenvalue weighted by Gasteiger charge is 2.19. The Bertz CT molecular complexity index is 1480. The number of nitrogens with one attached hydrogen (secondary N) is 1. The summed E-state index contributed by atoms with van der Waals surface area (Å²) in [6, 6.07) is 14.9. The van der Waals surface area contributed by atoms with Gasteiger partial charge in [0.25, 0.3) is 5.91 Å². The van der Waals surface area contributed by atoms with E-state index in [-0.39, 0.29) is 28.6 Å². The standard InChI is InChI=1S/C24H17ClF2N6O4/c1-36-21-9-14(7-8-20(21)37-24(35)16-10-18(26)19(27)11-17(16)25)12-28-29-22(34)13-33-31-23(30-32-33)15-5-3-2-4-6-15/h2-12H,13H2,1H3,(H,29,34). The third-order valence-electron chi connectivity index (χ3n) is 4.79. The van der Waals surface area contributed by atoms with E-state index in [9.17, 15) is 18.4 Å². The lowest BCUT2D eigenvalue weighted by atomic mass is 10.2. The number of benzene rings is 3. The van der Waals surface area contributed by atoms with E-state index in [2.05, 4.69) is 25.9 Å². The van der Waals surface area contributed by atoms with Gasteiger partial charge in [0.2, 0.25) is 5.82 Å². The number of methoxy groups -OCH3 is 1. The topological polar surface area (TPSA) is 121 Å². The summed E-state index contributed by atoms with van der Waals surface area (Å²) in [7, 11) is 1.34. The van der Waals surface area contributed by atoms with Gasteiger partial charge in [-0.05, 0) is 41.1 Å². The lowest BCUT2D eigenvalue weighted by Gasteiger charge is -2.11. The number of halogens is 3. The summed E-state index contributed by atoms with van der Waals surface area (Å²) in [4.78, 5) is 25.7. The minimum absolute atomic E-state index is 0.000891. The van der Waals surface area contributed by atoms with Gasteiger partial charge in [0.05, 0.1) is 23.9 Å². The van der Waals surface area contributed by atoms with Gasteiger partial charge in [-0.25, -0.2) is 19.0 Å². The van der Waals surface area contributed by atoms with E-state index < -0.39 is 23.5 Å². The largest absolute Gasteiger partial charge is 0.493 e. The molecule has 0 fully saturated rings. The van der Waals surface area contributed by atoms with Crippen LogP contribution in [0.4, 0.5) is 8.78 Å². The molecule has 1 amide bonds. The van der Waals surface area contributed by atoms with Gasteiger partial charge >= 0.3 is 5.97 Å². The number of nitrogens with zero attached hydrogens (tertiary/aromatic N) is 5. The maximum absolute atomic E-state index is 13.5. The average molecular weight is 527 g/mol. The number of carbonyl (C=O) groups is 2. The summed E-state index contributed by atoms with van der Waals surface area (Å²) in [5.74, 6) is -3.40. The van der Waals surface area contributed by atoms with Gasteiger partial charge in [0, 0.05) is 5.56 Å². The molecule has 0 aliphatic heterocycles. The number of tetrazole rings is 1. The molecule has 13 heteroatoms. The monoisotopic (exact) mass is 526 g/mol. The van der Waals surface area contributed by atoms with E-state index >= 15 is 0 Å². The molecule has 0 saturated carbocycles. The molecular weight excluding hydrogens is 510 g/mol. The van der Waals surface area contributed by atoms with E-state index in [0.717, 1.165) is 10.4 Å². The Morgan fingerprint density at radius 1 is 1.08 bits per heavy atom. The first-order valence-corrected chi connectivity index (χ1v) is 10.9. The minimum Gasteiger partial charge on any atom is -0.493 e. The zero-order chi connectivity index (χ0) is 26.4. The van der Waals surface area contributed by atoms with Crippen molar-refractivity contribution in [3.63, 3.8) is 0 Å². The van der Waals surface area contributed by atoms with Gasteiger partial charge in [0.15, 0.2) is 23.1 Å². The Balaban J connectivity index is 1.36. The van der Waals surface area contributed by atoms with Gasteiger partial charge < -0.3 is 9.47 Å². The molecule has 37 heavy (non-hydrogen) atoms.